The summed E-state index contributed by atoms with van der Waals surface area (Å²) in [5.74, 6) is 0. The molecule has 0 N–H and O–H groups in total. The number of benzene rings is 1. The Kier molecular flexibility index (Phi) is 2.59. The smallest absolute Gasteiger partial charge is 0.0873 e. The third-order valence-corrected chi connectivity index (χ3v) is 7.61. The van der Waals surface area contributed by atoms with E-state index in [9.17, 15) is 0 Å². The number of rotatable bonds is 2. The molecule has 0 heterocycles. The van der Waals surface area contributed by atoms with E-state index < -0.39 is 8.07 Å². The first kappa shape index (κ1) is 9.72. The van der Waals surface area contributed by atoms with Crippen molar-refractivity contribution < 1.29 is 0 Å². The predicted octanol–water partition coefficient (Wildman–Crippen LogP) is 3.32. The SMILES string of the molecule is C[Si](C)(c1ccccc1)C1C=CCC1. The van der Waals surface area contributed by atoms with Crippen molar-refractivity contribution in [3.05, 3.63) is 42.5 Å². The third kappa shape index (κ3) is 1.69. The van der Waals surface area contributed by atoms with Crippen molar-refractivity contribution >= 4 is 13.3 Å². The summed E-state index contributed by atoms with van der Waals surface area (Å²) in [7, 11) is -1.23. The maximum atomic E-state index is 2.49. The highest BCUT2D eigenvalue weighted by molar-refractivity contribution is 6.91. The van der Waals surface area contributed by atoms with E-state index >= 15 is 0 Å². The van der Waals surface area contributed by atoms with Gasteiger partial charge in [0.2, 0.25) is 0 Å². The molecule has 1 atom stereocenters. The van der Waals surface area contributed by atoms with E-state index in [1.807, 2.05) is 0 Å². The van der Waals surface area contributed by atoms with Gasteiger partial charge in [0.25, 0.3) is 0 Å². The monoisotopic (exact) mass is 202 g/mol. The molecule has 0 amide bonds. The Labute approximate surface area is 87.7 Å². The fourth-order valence-electron chi connectivity index (χ4n) is 2.32. The minimum atomic E-state index is -1.23. The van der Waals surface area contributed by atoms with E-state index in [0.717, 1.165) is 5.54 Å². The molecule has 0 bridgehead atoms. The first-order valence-corrected chi connectivity index (χ1v) is 8.51. The second-order valence-electron chi connectivity index (χ2n) is 4.70. The normalized spacial score (nSPS) is 21.4. The second kappa shape index (κ2) is 3.74. The van der Waals surface area contributed by atoms with Gasteiger partial charge >= 0.3 is 0 Å². The molecule has 0 radical (unpaired) electrons. The fourth-order valence-corrected chi connectivity index (χ4v) is 5.30. The molecule has 0 aliphatic heterocycles. The van der Waals surface area contributed by atoms with Crippen LogP contribution in [0.25, 0.3) is 0 Å². The van der Waals surface area contributed by atoms with Gasteiger partial charge in [-0.2, -0.15) is 0 Å². The number of hydrogen-bond donors (Lipinski definition) is 0. The topological polar surface area (TPSA) is 0 Å². The minimum Gasteiger partial charge on any atom is -0.0885 e. The molecule has 1 aliphatic rings. The van der Waals surface area contributed by atoms with E-state index in [-0.39, 0.29) is 0 Å². The van der Waals surface area contributed by atoms with Crippen LogP contribution in [-0.4, -0.2) is 8.07 Å². The summed E-state index contributed by atoms with van der Waals surface area (Å²) in [5, 5.41) is 1.59. The Morgan fingerprint density at radius 1 is 1.14 bits per heavy atom. The standard InChI is InChI=1S/C13H18Si/c1-14(2,13-10-6-7-11-13)12-8-4-3-5-9-12/h3-6,8-10,13H,7,11H2,1-2H3. The maximum absolute atomic E-state index is 2.49. The zero-order chi connectivity index (χ0) is 10.0. The van der Waals surface area contributed by atoms with Crippen LogP contribution in [0, 0.1) is 0 Å². The molecule has 1 aliphatic carbocycles. The lowest BCUT2D eigenvalue weighted by Crippen LogP contribution is -2.44. The van der Waals surface area contributed by atoms with Crippen LogP contribution in [-0.2, 0) is 0 Å². The number of allylic oxidation sites excluding steroid dienone is 2. The second-order valence-corrected chi connectivity index (χ2v) is 9.46. The van der Waals surface area contributed by atoms with Crippen LogP contribution in [0.4, 0.5) is 0 Å². The zero-order valence-electron chi connectivity index (χ0n) is 9.03. The molecule has 1 heteroatoms. The van der Waals surface area contributed by atoms with Gasteiger partial charge in [-0.1, -0.05) is 60.8 Å². The third-order valence-electron chi connectivity index (χ3n) is 3.46. The molecule has 1 aromatic rings. The maximum Gasteiger partial charge on any atom is 0.0873 e. The summed E-state index contributed by atoms with van der Waals surface area (Å²) in [5.41, 5.74) is 0.852. The van der Waals surface area contributed by atoms with E-state index in [0.29, 0.717) is 0 Å². The summed E-state index contributed by atoms with van der Waals surface area (Å²) < 4.78 is 0. The van der Waals surface area contributed by atoms with Crippen LogP contribution < -0.4 is 5.19 Å². The van der Waals surface area contributed by atoms with Crippen molar-refractivity contribution in [2.45, 2.75) is 31.5 Å². The summed E-state index contributed by atoms with van der Waals surface area (Å²) in [6, 6.07) is 11.1. The van der Waals surface area contributed by atoms with Crippen LogP contribution in [0.2, 0.25) is 18.6 Å². The summed E-state index contributed by atoms with van der Waals surface area (Å²) in [6.45, 7) is 4.98. The highest BCUT2D eigenvalue weighted by Crippen LogP contribution is 2.32. The lowest BCUT2D eigenvalue weighted by atomic mass is 10.3. The Bertz CT molecular complexity index is 324. The van der Waals surface area contributed by atoms with Crippen LogP contribution in [0.1, 0.15) is 12.8 Å². The summed E-state index contributed by atoms with van der Waals surface area (Å²) in [6.07, 6.45) is 7.45. The average Bonchev–Trinajstić information content (AvgIpc) is 2.72. The van der Waals surface area contributed by atoms with Crippen molar-refractivity contribution in [3.8, 4) is 0 Å². The molecule has 0 saturated carbocycles. The van der Waals surface area contributed by atoms with Crippen LogP contribution in [0.15, 0.2) is 42.5 Å². The van der Waals surface area contributed by atoms with E-state index in [1.165, 1.54) is 12.8 Å². The molecule has 0 aromatic heterocycles. The number of hydrogen-bond acceptors (Lipinski definition) is 0. The van der Waals surface area contributed by atoms with Gasteiger partial charge in [0.1, 0.15) is 0 Å². The van der Waals surface area contributed by atoms with Crippen molar-refractivity contribution in [3.63, 3.8) is 0 Å². The van der Waals surface area contributed by atoms with E-state index in [4.69, 9.17) is 0 Å². The van der Waals surface area contributed by atoms with Crippen molar-refractivity contribution in [1.82, 2.24) is 0 Å². The van der Waals surface area contributed by atoms with Gasteiger partial charge in [-0.15, -0.1) is 0 Å². The summed E-state index contributed by atoms with van der Waals surface area (Å²) >= 11 is 0. The van der Waals surface area contributed by atoms with Gasteiger partial charge < -0.3 is 0 Å². The van der Waals surface area contributed by atoms with Gasteiger partial charge in [0.15, 0.2) is 0 Å². The molecular formula is C13H18Si. The fraction of sp³-hybridized carbons (Fsp3) is 0.385. The Hall–Kier alpha value is -0.823. The molecular weight excluding hydrogens is 184 g/mol. The van der Waals surface area contributed by atoms with Gasteiger partial charge in [0, 0.05) is 0 Å². The molecule has 0 fully saturated rings. The first-order valence-electron chi connectivity index (χ1n) is 5.43. The molecule has 0 saturated heterocycles. The largest absolute Gasteiger partial charge is 0.0885 e. The first-order chi connectivity index (χ1) is 6.71. The zero-order valence-corrected chi connectivity index (χ0v) is 10.0. The van der Waals surface area contributed by atoms with Crippen molar-refractivity contribution in [2.75, 3.05) is 0 Å². The van der Waals surface area contributed by atoms with Gasteiger partial charge in [-0.25, -0.2) is 0 Å². The molecule has 0 spiro atoms. The highest BCUT2D eigenvalue weighted by Gasteiger charge is 2.32. The molecule has 1 aromatic carbocycles. The van der Waals surface area contributed by atoms with E-state index in [2.05, 4.69) is 55.6 Å². The minimum absolute atomic E-state index is 0.852. The molecule has 0 nitrogen and oxygen atoms in total. The quantitative estimate of drug-likeness (QED) is 0.510. The van der Waals surface area contributed by atoms with Crippen LogP contribution >= 0.6 is 0 Å². The van der Waals surface area contributed by atoms with Crippen molar-refractivity contribution in [1.29, 1.82) is 0 Å². The lowest BCUT2D eigenvalue weighted by molar-refractivity contribution is 0.899. The van der Waals surface area contributed by atoms with Crippen LogP contribution in [0.3, 0.4) is 0 Å². The van der Waals surface area contributed by atoms with Crippen molar-refractivity contribution in [2.24, 2.45) is 0 Å². The molecule has 2 rings (SSSR count). The lowest BCUT2D eigenvalue weighted by Gasteiger charge is -2.28. The Morgan fingerprint density at radius 2 is 1.86 bits per heavy atom. The Morgan fingerprint density at radius 3 is 2.43 bits per heavy atom. The highest BCUT2D eigenvalue weighted by atomic mass is 28.3. The van der Waals surface area contributed by atoms with Crippen LogP contribution in [0.5, 0.6) is 0 Å². The van der Waals surface area contributed by atoms with Gasteiger partial charge in [-0.3, -0.25) is 0 Å². The van der Waals surface area contributed by atoms with E-state index in [1.54, 1.807) is 5.19 Å². The molecule has 74 valence electrons. The van der Waals surface area contributed by atoms with Gasteiger partial charge in [-0.05, 0) is 18.4 Å². The predicted molar refractivity (Wildman–Crippen MR) is 65.7 cm³/mol. The average molecular weight is 202 g/mol. The van der Waals surface area contributed by atoms with Gasteiger partial charge in [0.05, 0.1) is 8.07 Å². The summed E-state index contributed by atoms with van der Waals surface area (Å²) in [4.78, 5) is 0. The molecule has 14 heavy (non-hydrogen) atoms. The Balaban J connectivity index is 2.27. The molecule has 1 unspecified atom stereocenters.